The van der Waals surface area contributed by atoms with E-state index < -0.39 is 5.60 Å². The van der Waals surface area contributed by atoms with Gasteiger partial charge in [-0.05, 0) is 51.3 Å². The maximum Gasteiger partial charge on any atom is 0.414 e. The maximum absolute atomic E-state index is 12.3. The molecule has 3 nitrogen and oxygen atoms in total. The normalized spacial score (nSPS) is 15.1. The van der Waals surface area contributed by atoms with Crippen LogP contribution in [0.1, 0.15) is 32.8 Å². The maximum atomic E-state index is 12.3. The Bertz CT molecular complexity index is 509. The molecule has 0 spiro atoms. The summed E-state index contributed by atoms with van der Waals surface area (Å²) in [6.45, 7) is 6.34. The number of halogens is 2. The van der Waals surface area contributed by atoms with Gasteiger partial charge in [0.15, 0.2) is 0 Å². The van der Waals surface area contributed by atoms with E-state index in [2.05, 4.69) is 31.9 Å². The number of benzene rings is 1. The summed E-state index contributed by atoms with van der Waals surface area (Å²) in [6, 6.07) is 3.99. The first-order chi connectivity index (χ1) is 8.78. The van der Waals surface area contributed by atoms with Crippen molar-refractivity contribution in [3.8, 4) is 0 Å². The minimum atomic E-state index is -0.474. The molecule has 0 unspecified atom stereocenters. The summed E-state index contributed by atoms with van der Waals surface area (Å²) < 4.78 is 7.46. The monoisotopic (exact) mass is 389 g/mol. The van der Waals surface area contributed by atoms with Gasteiger partial charge in [-0.15, -0.1) is 0 Å². The number of rotatable bonds is 0. The molecule has 1 aromatic carbocycles. The van der Waals surface area contributed by atoms with Crippen LogP contribution in [0.25, 0.3) is 0 Å². The Morgan fingerprint density at radius 1 is 1.32 bits per heavy atom. The van der Waals surface area contributed by atoms with Gasteiger partial charge in [-0.3, -0.25) is 4.90 Å². The van der Waals surface area contributed by atoms with Crippen molar-refractivity contribution in [1.82, 2.24) is 0 Å². The summed E-state index contributed by atoms with van der Waals surface area (Å²) in [7, 11) is 0. The van der Waals surface area contributed by atoms with Crippen molar-refractivity contribution >= 4 is 43.6 Å². The first-order valence-corrected chi connectivity index (χ1v) is 7.85. The Balaban J connectivity index is 2.34. The summed E-state index contributed by atoms with van der Waals surface area (Å²) in [5, 5.41) is 0. The highest BCUT2D eigenvalue weighted by atomic mass is 79.9. The van der Waals surface area contributed by atoms with Crippen molar-refractivity contribution in [2.75, 3.05) is 11.4 Å². The van der Waals surface area contributed by atoms with Crippen LogP contribution in [0.2, 0.25) is 0 Å². The van der Waals surface area contributed by atoms with Gasteiger partial charge in [-0.25, -0.2) is 4.79 Å². The van der Waals surface area contributed by atoms with Crippen LogP contribution in [-0.4, -0.2) is 18.2 Å². The van der Waals surface area contributed by atoms with E-state index >= 15 is 0 Å². The highest BCUT2D eigenvalue weighted by molar-refractivity contribution is 9.11. The van der Waals surface area contributed by atoms with Crippen molar-refractivity contribution in [3.63, 3.8) is 0 Å². The molecule has 1 aliphatic heterocycles. The van der Waals surface area contributed by atoms with E-state index in [1.54, 1.807) is 4.90 Å². The lowest BCUT2D eigenvalue weighted by Crippen LogP contribution is -2.39. The third kappa shape index (κ3) is 3.51. The lowest BCUT2D eigenvalue weighted by molar-refractivity contribution is 0.0578. The van der Waals surface area contributed by atoms with Crippen molar-refractivity contribution in [3.05, 3.63) is 26.6 Å². The van der Waals surface area contributed by atoms with Gasteiger partial charge < -0.3 is 4.74 Å². The second kappa shape index (κ2) is 5.44. The van der Waals surface area contributed by atoms with Crippen molar-refractivity contribution in [2.45, 2.75) is 39.2 Å². The highest BCUT2D eigenvalue weighted by Gasteiger charge is 2.28. The van der Waals surface area contributed by atoms with Crippen LogP contribution in [0.5, 0.6) is 0 Å². The third-order valence-electron chi connectivity index (χ3n) is 2.85. The number of carbonyl (C=O) groups excluding carboxylic acids is 1. The molecule has 104 valence electrons. The minimum absolute atomic E-state index is 0.279. The molecule has 0 aliphatic carbocycles. The molecule has 5 heteroatoms. The Kier molecular flexibility index (Phi) is 4.26. The number of carbonyl (C=O) groups is 1. The van der Waals surface area contributed by atoms with E-state index in [-0.39, 0.29) is 6.09 Å². The summed E-state index contributed by atoms with van der Waals surface area (Å²) in [5.74, 6) is 0. The van der Waals surface area contributed by atoms with Crippen LogP contribution in [0.4, 0.5) is 10.5 Å². The Morgan fingerprint density at radius 3 is 2.63 bits per heavy atom. The van der Waals surface area contributed by atoms with Gasteiger partial charge in [0, 0.05) is 15.5 Å². The fraction of sp³-hybridized carbons (Fsp3) is 0.500. The van der Waals surface area contributed by atoms with Gasteiger partial charge in [0.2, 0.25) is 0 Å². The molecule has 1 heterocycles. The fourth-order valence-electron chi connectivity index (χ4n) is 2.12. The predicted octanol–water partition coefficient (Wildman–Crippen LogP) is 4.90. The topological polar surface area (TPSA) is 29.5 Å². The summed E-state index contributed by atoms with van der Waals surface area (Å²) in [6.07, 6.45) is 1.65. The zero-order valence-electron chi connectivity index (χ0n) is 11.3. The lowest BCUT2D eigenvalue weighted by Gasteiger charge is -2.32. The van der Waals surface area contributed by atoms with Gasteiger partial charge in [-0.2, -0.15) is 0 Å². The van der Waals surface area contributed by atoms with Crippen LogP contribution in [0.3, 0.4) is 0 Å². The van der Waals surface area contributed by atoms with E-state index in [1.807, 2.05) is 32.9 Å². The molecule has 0 bridgehead atoms. The van der Waals surface area contributed by atoms with Crippen molar-refractivity contribution < 1.29 is 9.53 Å². The van der Waals surface area contributed by atoms with Crippen LogP contribution in [-0.2, 0) is 11.2 Å². The molecule has 2 rings (SSSR count). The number of amides is 1. The van der Waals surface area contributed by atoms with Crippen molar-refractivity contribution in [1.29, 1.82) is 0 Å². The standard InChI is InChI=1S/C14H17Br2NO2/c1-14(2,3)19-13(18)17-6-4-5-10-11(16)7-9(15)8-12(10)17/h7-8H,4-6H2,1-3H3. The van der Waals surface area contributed by atoms with Gasteiger partial charge in [0.25, 0.3) is 0 Å². The average molecular weight is 391 g/mol. The molecule has 0 aromatic heterocycles. The number of fused-ring (bicyclic) bond motifs is 1. The fourth-order valence-corrected chi connectivity index (χ4v) is 3.52. The van der Waals surface area contributed by atoms with Gasteiger partial charge in [-0.1, -0.05) is 31.9 Å². The van der Waals surface area contributed by atoms with Crippen LogP contribution < -0.4 is 4.90 Å². The number of nitrogens with zero attached hydrogens (tertiary/aromatic N) is 1. The summed E-state index contributed by atoms with van der Waals surface area (Å²) >= 11 is 7.03. The molecule has 0 atom stereocenters. The van der Waals surface area contributed by atoms with Crippen LogP contribution in [0, 0.1) is 0 Å². The van der Waals surface area contributed by atoms with E-state index in [4.69, 9.17) is 4.74 Å². The zero-order chi connectivity index (χ0) is 14.2. The molecule has 1 aromatic rings. The molecular weight excluding hydrogens is 374 g/mol. The molecule has 19 heavy (non-hydrogen) atoms. The number of ether oxygens (including phenoxy) is 1. The first kappa shape index (κ1) is 14.9. The van der Waals surface area contributed by atoms with Crippen LogP contribution >= 0.6 is 31.9 Å². The highest BCUT2D eigenvalue weighted by Crippen LogP contribution is 2.36. The van der Waals surface area contributed by atoms with E-state index in [9.17, 15) is 4.79 Å². The molecule has 0 saturated carbocycles. The van der Waals surface area contributed by atoms with Gasteiger partial charge in [0.05, 0.1) is 5.69 Å². The molecule has 1 amide bonds. The Labute approximate surface area is 130 Å². The van der Waals surface area contributed by atoms with E-state index in [0.717, 1.165) is 27.5 Å². The van der Waals surface area contributed by atoms with E-state index in [1.165, 1.54) is 5.56 Å². The number of hydrogen-bond acceptors (Lipinski definition) is 2. The molecule has 0 saturated heterocycles. The summed E-state index contributed by atoms with van der Waals surface area (Å²) in [5.41, 5.74) is 1.62. The second-order valence-corrected chi connectivity index (χ2v) is 7.39. The largest absolute Gasteiger partial charge is 0.443 e. The Morgan fingerprint density at radius 2 is 2.00 bits per heavy atom. The lowest BCUT2D eigenvalue weighted by atomic mass is 10.0. The second-order valence-electron chi connectivity index (χ2n) is 5.62. The third-order valence-corrected chi connectivity index (χ3v) is 4.02. The molecule has 0 radical (unpaired) electrons. The quantitative estimate of drug-likeness (QED) is 0.630. The summed E-state index contributed by atoms with van der Waals surface area (Å²) in [4.78, 5) is 14.0. The predicted molar refractivity (Wildman–Crippen MR) is 83.7 cm³/mol. The molecular formula is C14H17Br2NO2. The molecule has 0 N–H and O–H groups in total. The van der Waals surface area contributed by atoms with E-state index in [0.29, 0.717) is 6.54 Å². The Hall–Kier alpha value is -0.550. The first-order valence-electron chi connectivity index (χ1n) is 6.26. The van der Waals surface area contributed by atoms with Crippen LogP contribution in [0.15, 0.2) is 21.1 Å². The van der Waals surface area contributed by atoms with Gasteiger partial charge >= 0.3 is 6.09 Å². The zero-order valence-corrected chi connectivity index (χ0v) is 14.5. The van der Waals surface area contributed by atoms with Gasteiger partial charge in [0.1, 0.15) is 5.60 Å². The SMILES string of the molecule is CC(C)(C)OC(=O)N1CCCc2c(Br)cc(Br)cc21. The molecule has 1 aliphatic rings. The average Bonchev–Trinajstić information content (AvgIpc) is 2.25. The molecule has 0 fully saturated rings. The van der Waals surface area contributed by atoms with Crippen molar-refractivity contribution in [2.24, 2.45) is 0 Å². The minimum Gasteiger partial charge on any atom is -0.443 e. The number of hydrogen-bond donors (Lipinski definition) is 0. The smallest absolute Gasteiger partial charge is 0.414 e. The number of anilines is 1.